The fourth-order valence-electron chi connectivity index (χ4n) is 2.71. The van der Waals surface area contributed by atoms with Gasteiger partial charge in [-0.05, 0) is 62.1 Å². The highest BCUT2D eigenvalue weighted by molar-refractivity contribution is 5.92. The second-order valence-electron chi connectivity index (χ2n) is 6.23. The number of nitrogens with one attached hydrogen (secondary N) is 1. The topological polar surface area (TPSA) is 53.6 Å². The lowest BCUT2D eigenvalue weighted by molar-refractivity contribution is 0.728. The molecule has 128 valence electrons. The summed E-state index contributed by atoms with van der Waals surface area (Å²) < 4.78 is 0. The van der Waals surface area contributed by atoms with Gasteiger partial charge in [0.2, 0.25) is 0 Å². The smallest absolute Gasteiger partial charge is 0.193 e. The Hall–Kier alpha value is -2.49. The molecule has 0 spiro atoms. The number of aliphatic imine (C=N–C) groups is 1. The second-order valence-corrected chi connectivity index (χ2v) is 6.23. The van der Waals surface area contributed by atoms with Crippen LogP contribution in [0.2, 0.25) is 0 Å². The Morgan fingerprint density at radius 2 is 1.71 bits per heavy atom. The van der Waals surface area contributed by atoms with Gasteiger partial charge >= 0.3 is 0 Å². The van der Waals surface area contributed by atoms with Gasteiger partial charge in [0.15, 0.2) is 5.96 Å². The zero-order valence-electron chi connectivity index (χ0n) is 14.9. The van der Waals surface area contributed by atoms with Crippen molar-refractivity contribution < 1.29 is 0 Å². The van der Waals surface area contributed by atoms with Gasteiger partial charge in [-0.15, -0.1) is 0 Å². The number of anilines is 2. The molecule has 0 radical (unpaired) electrons. The summed E-state index contributed by atoms with van der Waals surface area (Å²) in [5, 5.41) is 3.17. The molecule has 0 amide bonds. The molecule has 0 saturated carbocycles. The summed E-state index contributed by atoms with van der Waals surface area (Å²) in [6, 6.07) is 16.7. The molecule has 2 aromatic rings. The van der Waals surface area contributed by atoms with Gasteiger partial charge in [-0.3, -0.25) is 4.99 Å². The Balaban J connectivity index is 1.71. The average Bonchev–Trinajstić information content (AvgIpc) is 2.54. The van der Waals surface area contributed by atoms with E-state index in [0.717, 1.165) is 31.6 Å². The zero-order chi connectivity index (χ0) is 17.4. The highest BCUT2D eigenvalue weighted by atomic mass is 15.1. The lowest BCUT2D eigenvalue weighted by Crippen LogP contribution is -2.23. The van der Waals surface area contributed by atoms with E-state index >= 15 is 0 Å². The van der Waals surface area contributed by atoms with E-state index < -0.39 is 0 Å². The van der Waals surface area contributed by atoms with Gasteiger partial charge in [0, 0.05) is 31.5 Å². The minimum absolute atomic E-state index is 0.483. The van der Waals surface area contributed by atoms with Crippen molar-refractivity contribution in [2.45, 2.75) is 26.7 Å². The van der Waals surface area contributed by atoms with Gasteiger partial charge in [0.05, 0.1) is 0 Å². The Kier molecular flexibility index (Phi) is 6.67. The summed E-state index contributed by atoms with van der Waals surface area (Å²) in [7, 11) is 2.12. The van der Waals surface area contributed by atoms with Crippen LogP contribution in [-0.2, 0) is 0 Å². The van der Waals surface area contributed by atoms with Crippen LogP contribution in [0, 0.1) is 13.8 Å². The third kappa shape index (κ3) is 5.95. The number of hydrogen-bond donors (Lipinski definition) is 2. The molecule has 0 aliphatic rings. The highest BCUT2D eigenvalue weighted by Gasteiger charge is 2.00. The molecule has 0 bridgehead atoms. The first kappa shape index (κ1) is 17.9. The molecule has 0 fully saturated rings. The van der Waals surface area contributed by atoms with Crippen LogP contribution in [0.1, 0.15) is 24.0 Å². The summed E-state index contributed by atoms with van der Waals surface area (Å²) >= 11 is 0. The molecular weight excluding hydrogens is 296 g/mol. The Labute approximate surface area is 145 Å². The first-order chi connectivity index (χ1) is 11.5. The fourth-order valence-corrected chi connectivity index (χ4v) is 2.71. The maximum atomic E-state index is 5.97. The largest absolute Gasteiger partial charge is 0.375 e. The Morgan fingerprint density at radius 3 is 2.38 bits per heavy atom. The Morgan fingerprint density at radius 1 is 1.04 bits per heavy atom. The maximum absolute atomic E-state index is 5.97. The lowest BCUT2D eigenvalue weighted by atomic mass is 10.1. The van der Waals surface area contributed by atoms with Crippen molar-refractivity contribution in [1.29, 1.82) is 0 Å². The minimum atomic E-state index is 0.483. The van der Waals surface area contributed by atoms with E-state index in [9.17, 15) is 0 Å². The predicted octanol–water partition coefficient (Wildman–Crippen LogP) is 3.95. The molecule has 24 heavy (non-hydrogen) atoms. The molecule has 0 aliphatic heterocycles. The maximum Gasteiger partial charge on any atom is 0.193 e. The number of guanidine groups is 1. The molecular formula is C20H28N4. The van der Waals surface area contributed by atoms with Crippen LogP contribution >= 0.6 is 0 Å². The van der Waals surface area contributed by atoms with E-state index in [1.165, 1.54) is 16.8 Å². The molecule has 4 nitrogen and oxygen atoms in total. The van der Waals surface area contributed by atoms with Gasteiger partial charge in [-0.1, -0.05) is 24.3 Å². The molecule has 4 heteroatoms. The molecule has 0 unspecified atom stereocenters. The van der Waals surface area contributed by atoms with E-state index in [1.807, 2.05) is 6.07 Å². The number of rotatable bonds is 7. The van der Waals surface area contributed by atoms with Gasteiger partial charge in [-0.2, -0.15) is 0 Å². The standard InChI is InChI=1S/C20H28N4/c1-16-13-17(2)15-18(14-16)23-20(21)22-11-7-8-12-24(3)19-9-5-4-6-10-19/h4-6,9-10,13-15H,7-8,11-12H2,1-3H3,(H3,21,22,23). The van der Waals surface area contributed by atoms with Crippen molar-refractivity contribution in [2.75, 3.05) is 30.4 Å². The molecule has 3 N–H and O–H groups in total. The van der Waals surface area contributed by atoms with Crippen molar-refractivity contribution in [3.63, 3.8) is 0 Å². The van der Waals surface area contributed by atoms with Crippen LogP contribution < -0.4 is 16.0 Å². The van der Waals surface area contributed by atoms with E-state index in [1.54, 1.807) is 0 Å². The summed E-state index contributed by atoms with van der Waals surface area (Å²) in [4.78, 5) is 6.68. The number of para-hydroxylation sites is 1. The number of nitrogens with two attached hydrogens (primary N) is 1. The van der Waals surface area contributed by atoms with E-state index in [-0.39, 0.29) is 0 Å². The van der Waals surface area contributed by atoms with Crippen LogP contribution in [0.5, 0.6) is 0 Å². The molecule has 2 aromatic carbocycles. The van der Waals surface area contributed by atoms with Gasteiger partial charge in [0.25, 0.3) is 0 Å². The van der Waals surface area contributed by atoms with E-state index in [2.05, 4.69) is 78.6 Å². The van der Waals surface area contributed by atoms with Crippen molar-refractivity contribution in [2.24, 2.45) is 10.7 Å². The third-order valence-corrected chi connectivity index (χ3v) is 3.87. The Bertz CT molecular complexity index is 644. The van der Waals surface area contributed by atoms with Crippen molar-refractivity contribution >= 4 is 17.3 Å². The van der Waals surface area contributed by atoms with E-state index in [0.29, 0.717) is 5.96 Å². The quantitative estimate of drug-likeness (QED) is 0.461. The summed E-state index contributed by atoms with van der Waals surface area (Å²) in [6.45, 7) is 5.92. The monoisotopic (exact) mass is 324 g/mol. The lowest BCUT2D eigenvalue weighted by Gasteiger charge is -2.18. The summed E-state index contributed by atoms with van der Waals surface area (Å²) in [6.07, 6.45) is 2.11. The number of hydrogen-bond acceptors (Lipinski definition) is 2. The van der Waals surface area contributed by atoms with Crippen molar-refractivity contribution in [1.82, 2.24) is 0 Å². The zero-order valence-corrected chi connectivity index (χ0v) is 14.9. The van der Waals surface area contributed by atoms with Crippen LogP contribution in [0.15, 0.2) is 53.5 Å². The van der Waals surface area contributed by atoms with Gasteiger partial charge < -0.3 is 16.0 Å². The van der Waals surface area contributed by atoms with Crippen LogP contribution in [0.25, 0.3) is 0 Å². The molecule has 0 atom stereocenters. The van der Waals surface area contributed by atoms with Crippen LogP contribution in [0.3, 0.4) is 0 Å². The normalized spacial score (nSPS) is 11.4. The number of benzene rings is 2. The third-order valence-electron chi connectivity index (χ3n) is 3.87. The summed E-state index contributed by atoms with van der Waals surface area (Å²) in [5.41, 5.74) is 10.6. The second kappa shape index (κ2) is 8.96. The molecule has 0 aromatic heterocycles. The van der Waals surface area contributed by atoms with Crippen LogP contribution in [-0.4, -0.2) is 26.1 Å². The van der Waals surface area contributed by atoms with Crippen molar-refractivity contribution in [3.05, 3.63) is 59.7 Å². The molecule has 2 rings (SSSR count). The highest BCUT2D eigenvalue weighted by Crippen LogP contribution is 2.13. The molecule has 0 saturated heterocycles. The minimum Gasteiger partial charge on any atom is -0.375 e. The number of unbranched alkanes of at least 4 members (excludes halogenated alkanes) is 1. The SMILES string of the molecule is Cc1cc(C)cc(NC(N)=NCCCCN(C)c2ccccc2)c1. The average molecular weight is 324 g/mol. The van der Waals surface area contributed by atoms with Gasteiger partial charge in [-0.25, -0.2) is 0 Å². The van der Waals surface area contributed by atoms with Crippen molar-refractivity contribution in [3.8, 4) is 0 Å². The van der Waals surface area contributed by atoms with E-state index in [4.69, 9.17) is 5.73 Å². The fraction of sp³-hybridized carbons (Fsp3) is 0.350. The summed E-state index contributed by atoms with van der Waals surface area (Å²) in [5.74, 6) is 0.483. The molecule has 0 heterocycles. The number of nitrogens with zero attached hydrogens (tertiary/aromatic N) is 2. The van der Waals surface area contributed by atoms with Gasteiger partial charge in [0.1, 0.15) is 0 Å². The first-order valence-electron chi connectivity index (χ1n) is 8.46. The first-order valence-corrected chi connectivity index (χ1v) is 8.46. The number of aryl methyl sites for hydroxylation is 2. The molecule has 0 aliphatic carbocycles. The van der Waals surface area contributed by atoms with Crippen LogP contribution in [0.4, 0.5) is 11.4 Å². The predicted molar refractivity (Wildman–Crippen MR) is 105 cm³/mol.